The maximum absolute atomic E-state index is 13.6. The smallest absolute Gasteiger partial charge is 0.264 e. The summed E-state index contributed by atoms with van der Waals surface area (Å²) in [5.74, 6) is 1.73. The van der Waals surface area contributed by atoms with Gasteiger partial charge in [-0.25, -0.2) is 13.1 Å². The van der Waals surface area contributed by atoms with Gasteiger partial charge in [0, 0.05) is 48.2 Å². The molecule has 7 rings (SSSR count). The molecule has 2 aromatic rings. The molecule has 1 saturated carbocycles. The predicted molar refractivity (Wildman–Crippen MR) is 191 cm³/mol. The number of morpholine rings is 1. The lowest BCUT2D eigenvalue weighted by Crippen LogP contribution is -2.52. The minimum Gasteiger partial charge on any atom is -0.490 e. The van der Waals surface area contributed by atoms with Crippen molar-refractivity contribution in [2.24, 2.45) is 23.7 Å². The third-order valence-electron chi connectivity index (χ3n) is 12.7. The van der Waals surface area contributed by atoms with Crippen molar-refractivity contribution in [3.8, 4) is 5.75 Å². The van der Waals surface area contributed by atoms with Gasteiger partial charge in [-0.2, -0.15) is 0 Å². The summed E-state index contributed by atoms with van der Waals surface area (Å²) >= 11 is 6.48. The first kappa shape index (κ1) is 34.1. The van der Waals surface area contributed by atoms with E-state index in [1.807, 2.05) is 25.1 Å². The van der Waals surface area contributed by atoms with Crippen LogP contribution in [0.2, 0.25) is 5.02 Å². The van der Waals surface area contributed by atoms with E-state index >= 15 is 0 Å². The van der Waals surface area contributed by atoms with E-state index in [1.54, 1.807) is 13.0 Å². The van der Waals surface area contributed by atoms with E-state index in [0.717, 1.165) is 94.4 Å². The maximum Gasteiger partial charge on any atom is 0.264 e. The van der Waals surface area contributed by atoms with Crippen molar-refractivity contribution in [3.05, 3.63) is 58.1 Å². The zero-order valence-corrected chi connectivity index (χ0v) is 30.3. The van der Waals surface area contributed by atoms with E-state index < -0.39 is 21.2 Å². The lowest BCUT2D eigenvalue weighted by Gasteiger charge is -2.50. The largest absolute Gasteiger partial charge is 0.490 e. The number of halogens is 1. The number of hydrogen-bond acceptors (Lipinski definition) is 7. The SMILES string of the molecule is CC1CCCC(C(C)N2CCOCC2)C2CCC2CN2CC3(CCCc4cc(Cl)ccc43)COc3ccc(cc32)C(=O)NS(=O)(=O)C1C. The van der Waals surface area contributed by atoms with Crippen LogP contribution >= 0.6 is 11.6 Å². The molecular weight excluding hydrogens is 646 g/mol. The average molecular weight is 698 g/mol. The number of carbonyl (C=O) groups is 1. The number of nitrogens with one attached hydrogen (secondary N) is 1. The van der Waals surface area contributed by atoms with E-state index in [1.165, 1.54) is 24.0 Å². The maximum atomic E-state index is 13.6. The van der Waals surface area contributed by atoms with Crippen LogP contribution < -0.4 is 14.4 Å². The van der Waals surface area contributed by atoms with Crippen molar-refractivity contribution in [3.63, 3.8) is 0 Å². The van der Waals surface area contributed by atoms with Gasteiger partial charge < -0.3 is 14.4 Å². The standard InChI is InChI=1S/C38H52ClN3O5S/c1-25-6-4-8-32(26(2)41-16-18-46-19-17-41)33-12-9-30(33)22-42-23-38(15-5-7-28-20-31(39)11-13-34(28)38)24-47-36-14-10-29(21-35(36)42)37(43)40-48(44,45)27(25)3/h10-11,13-14,20-21,25-27,30,32-33H,4-9,12,15-19,22-24H2,1-3H3,(H,40,43). The number of sulfonamides is 1. The summed E-state index contributed by atoms with van der Waals surface area (Å²) < 4.78 is 41.8. The molecule has 2 fully saturated rings. The molecule has 2 aliphatic carbocycles. The minimum atomic E-state index is -3.87. The Kier molecular flexibility index (Phi) is 9.79. The molecule has 3 heterocycles. The molecule has 1 N–H and O–H groups in total. The molecule has 7 unspecified atom stereocenters. The topological polar surface area (TPSA) is 88.2 Å². The summed E-state index contributed by atoms with van der Waals surface area (Å²) in [5, 5.41) is 0.0852. The number of anilines is 1. The second-order valence-corrected chi connectivity index (χ2v) is 17.9. The zero-order valence-electron chi connectivity index (χ0n) is 28.8. The Morgan fingerprint density at radius 2 is 1.83 bits per heavy atom. The first-order valence-corrected chi connectivity index (χ1v) is 20.2. The van der Waals surface area contributed by atoms with Crippen molar-refractivity contribution >= 4 is 33.2 Å². The normalized spacial score (nSPS) is 33.3. The first-order chi connectivity index (χ1) is 23.0. The molecule has 1 amide bonds. The van der Waals surface area contributed by atoms with Crippen LogP contribution in [0.4, 0.5) is 5.69 Å². The number of aryl methyl sites for hydroxylation is 1. The van der Waals surface area contributed by atoms with Gasteiger partial charge in [-0.3, -0.25) is 9.69 Å². The molecule has 7 atom stereocenters. The Labute approximate surface area is 291 Å². The highest BCUT2D eigenvalue weighted by atomic mass is 35.5. The van der Waals surface area contributed by atoms with Gasteiger partial charge in [0.1, 0.15) is 5.75 Å². The van der Waals surface area contributed by atoms with Crippen LogP contribution in [0.25, 0.3) is 0 Å². The van der Waals surface area contributed by atoms with Crippen LogP contribution in [-0.4, -0.2) is 76.5 Å². The number of ether oxygens (including phenoxy) is 2. The number of fused-ring (bicyclic) bond motifs is 4. The predicted octanol–water partition coefficient (Wildman–Crippen LogP) is 6.44. The molecular formula is C38H52ClN3O5S. The van der Waals surface area contributed by atoms with E-state index in [4.69, 9.17) is 21.1 Å². The van der Waals surface area contributed by atoms with Gasteiger partial charge in [-0.15, -0.1) is 0 Å². The third kappa shape index (κ3) is 6.61. The number of amides is 1. The Morgan fingerprint density at radius 1 is 1.02 bits per heavy atom. The van der Waals surface area contributed by atoms with Crippen molar-refractivity contribution in [2.75, 3.05) is 50.9 Å². The lowest BCUT2D eigenvalue weighted by atomic mass is 9.63. The van der Waals surface area contributed by atoms with Crippen LogP contribution in [0.5, 0.6) is 5.75 Å². The summed E-state index contributed by atoms with van der Waals surface area (Å²) in [6.07, 6.45) is 8.35. The van der Waals surface area contributed by atoms with Gasteiger partial charge in [-0.1, -0.05) is 31.0 Å². The fourth-order valence-corrected chi connectivity index (χ4v) is 11.0. The van der Waals surface area contributed by atoms with Crippen LogP contribution in [0.3, 0.4) is 0 Å². The first-order valence-electron chi connectivity index (χ1n) is 18.2. The number of nitrogens with zero attached hydrogens (tertiary/aromatic N) is 2. The Balaban J connectivity index is 1.28. The zero-order chi connectivity index (χ0) is 33.6. The number of benzene rings is 2. The van der Waals surface area contributed by atoms with Crippen LogP contribution in [0.1, 0.15) is 87.2 Å². The molecule has 1 spiro atoms. The van der Waals surface area contributed by atoms with Crippen LogP contribution in [0, 0.1) is 23.7 Å². The molecule has 0 radical (unpaired) electrons. The van der Waals surface area contributed by atoms with E-state index in [2.05, 4.69) is 33.6 Å². The summed E-state index contributed by atoms with van der Waals surface area (Å²) in [7, 11) is -3.87. The molecule has 10 heteroatoms. The molecule has 2 aromatic carbocycles. The Bertz CT molecular complexity index is 1610. The van der Waals surface area contributed by atoms with Gasteiger partial charge in [0.25, 0.3) is 5.91 Å². The van der Waals surface area contributed by atoms with Crippen LogP contribution in [0.15, 0.2) is 36.4 Å². The van der Waals surface area contributed by atoms with Gasteiger partial charge in [-0.05, 0) is 124 Å². The summed E-state index contributed by atoms with van der Waals surface area (Å²) in [6.45, 7) is 11.9. The second kappa shape index (κ2) is 13.8. The summed E-state index contributed by atoms with van der Waals surface area (Å²) in [5.41, 5.74) is 3.62. The molecule has 1 saturated heterocycles. The third-order valence-corrected chi connectivity index (χ3v) is 14.9. The average Bonchev–Trinajstić information content (AvgIpc) is 3.21. The summed E-state index contributed by atoms with van der Waals surface area (Å²) in [4.78, 5) is 18.7. The van der Waals surface area contributed by atoms with Crippen molar-refractivity contribution in [1.29, 1.82) is 0 Å². The minimum absolute atomic E-state index is 0.0693. The Morgan fingerprint density at radius 3 is 2.60 bits per heavy atom. The van der Waals surface area contributed by atoms with Gasteiger partial charge in [0.15, 0.2) is 0 Å². The van der Waals surface area contributed by atoms with Crippen molar-refractivity contribution < 1.29 is 22.7 Å². The fourth-order valence-electron chi connectivity index (χ4n) is 9.49. The van der Waals surface area contributed by atoms with E-state index in [9.17, 15) is 13.2 Å². The quantitative estimate of drug-likeness (QED) is 0.386. The number of carbonyl (C=O) groups excluding carboxylic acids is 1. The highest BCUT2D eigenvalue weighted by Crippen LogP contribution is 2.49. The van der Waals surface area contributed by atoms with Gasteiger partial charge >= 0.3 is 0 Å². The van der Waals surface area contributed by atoms with Gasteiger partial charge in [0.2, 0.25) is 10.0 Å². The molecule has 0 aromatic heterocycles. The highest BCUT2D eigenvalue weighted by Gasteiger charge is 2.46. The molecule has 262 valence electrons. The summed E-state index contributed by atoms with van der Waals surface area (Å²) in [6, 6.07) is 12.2. The van der Waals surface area contributed by atoms with E-state index in [-0.39, 0.29) is 11.3 Å². The molecule has 3 aliphatic heterocycles. The number of rotatable bonds is 2. The number of hydrogen-bond donors (Lipinski definition) is 1. The Hall–Kier alpha value is -2.33. The molecule has 8 nitrogen and oxygen atoms in total. The van der Waals surface area contributed by atoms with Crippen LogP contribution in [-0.2, 0) is 26.6 Å². The molecule has 5 aliphatic rings. The highest BCUT2D eigenvalue weighted by molar-refractivity contribution is 7.90. The monoisotopic (exact) mass is 697 g/mol. The van der Waals surface area contributed by atoms with Crippen molar-refractivity contribution in [1.82, 2.24) is 9.62 Å². The molecule has 2 bridgehead atoms. The lowest BCUT2D eigenvalue weighted by molar-refractivity contribution is -0.0220. The fraction of sp³-hybridized carbons (Fsp3) is 0.658. The van der Waals surface area contributed by atoms with Gasteiger partial charge in [0.05, 0.1) is 30.8 Å². The van der Waals surface area contributed by atoms with Crippen molar-refractivity contribution in [2.45, 2.75) is 88.8 Å². The second-order valence-electron chi connectivity index (χ2n) is 15.4. The molecule has 48 heavy (non-hydrogen) atoms. The van der Waals surface area contributed by atoms with E-state index in [0.29, 0.717) is 36.0 Å².